The number of nitrogens with zero attached hydrogens (tertiary/aromatic N) is 1. The highest BCUT2D eigenvalue weighted by Gasteiger charge is 1.96. The van der Waals surface area contributed by atoms with Crippen LogP contribution in [0.2, 0.25) is 0 Å². The summed E-state index contributed by atoms with van der Waals surface area (Å²) in [5.74, 6) is -1.24. The molecule has 1 amide bonds. The van der Waals surface area contributed by atoms with Crippen LogP contribution in [0.15, 0.2) is 29.4 Å². The second-order valence-corrected chi connectivity index (χ2v) is 3.00. The van der Waals surface area contributed by atoms with E-state index in [0.717, 1.165) is 0 Å². The largest absolute Gasteiger partial charge is 0.545 e. The van der Waals surface area contributed by atoms with E-state index in [2.05, 4.69) is 15.3 Å². The van der Waals surface area contributed by atoms with Crippen molar-refractivity contribution in [2.75, 3.05) is 6.61 Å². The molecule has 17 heavy (non-hydrogen) atoms. The Morgan fingerprint density at radius 3 is 2.59 bits per heavy atom. The fourth-order valence-electron chi connectivity index (χ4n) is 1.03. The van der Waals surface area contributed by atoms with Gasteiger partial charge in [-0.2, -0.15) is 5.10 Å². The maximum atomic E-state index is 10.8. The van der Waals surface area contributed by atoms with Gasteiger partial charge in [-0.05, 0) is 18.1 Å². The molecule has 0 saturated carbocycles. The minimum Gasteiger partial charge on any atom is -0.545 e. The Morgan fingerprint density at radius 2 is 2.06 bits per heavy atom. The topological polar surface area (TPSA) is 90.8 Å². The summed E-state index contributed by atoms with van der Waals surface area (Å²) in [7, 11) is 0. The third kappa shape index (κ3) is 4.33. The summed E-state index contributed by atoms with van der Waals surface area (Å²) in [6.45, 7) is 1.95. The highest BCUT2D eigenvalue weighted by atomic mass is 16.5. The van der Waals surface area contributed by atoms with E-state index in [9.17, 15) is 14.7 Å². The van der Waals surface area contributed by atoms with Gasteiger partial charge in [-0.1, -0.05) is 24.3 Å². The molecule has 0 bridgehead atoms. The standard InChI is InChI=1S/C11H12N2O4/c1-2-17-11(16)13-12-7-8-3-5-9(6-4-8)10(14)15/h3-7H,2H2,1H3,(H,13,16)(H,14,15)/p-1. The van der Waals surface area contributed by atoms with Gasteiger partial charge in [0.2, 0.25) is 0 Å². The van der Waals surface area contributed by atoms with Crippen LogP contribution in [0.5, 0.6) is 0 Å². The van der Waals surface area contributed by atoms with E-state index < -0.39 is 12.1 Å². The van der Waals surface area contributed by atoms with E-state index in [0.29, 0.717) is 5.56 Å². The molecule has 0 fully saturated rings. The van der Waals surface area contributed by atoms with Gasteiger partial charge < -0.3 is 14.6 Å². The summed E-state index contributed by atoms with van der Waals surface area (Å²) in [5, 5.41) is 14.1. The molecular weight excluding hydrogens is 224 g/mol. The third-order valence-corrected chi connectivity index (χ3v) is 1.79. The fourth-order valence-corrected chi connectivity index (χ4v) is 1.03. The van der Waals surface area contributed by atoms with Gasteiger partial charge in [0.15, 0.2) is 0 Å². The molecule has 6 heteroatoms. The molecule has 0 unspecified atom stereocenters. The zero-order chi connectivity index (χ0) is 12.7. The summed E-state index contributed by atoms with van der Waals surface area (Å²) in [4.78, 5) is 21.3. The molecule has 0 aliphatic heterocycles. The Bertz CT molecular complexity index is 426. The van der Waals surface area contributed by atoms with Gasteiger partial charge in [-0.25, -0.2) is 10.2 Å². The van der Waals surface area contributed by atoms with Gasteiger partial charge in [0.05, 0.1) is 18.8 Å². The molecule has 1 aromatic rings. The molecule has 0 aliphatic rings. The van der Waals surface area contributed by atoms with E-state index in [1.165, 1.54) is 18.3 Å². The predicted molar refractivity (Wildman–Crippen MR) is 58.5 cm³/mol. The minimum atomic E-state index is -1.24. The Balaban J connectivity index is 2.54. The molecule has 0 atom stereocenters. The number of benzene rings is 1. The molecule has 0 saturated heterocycles. The first-order valence-corrected chi connectivity index (χ1v) is 4.90. The van der Waals surface area contributed by atoms with Crippen molar-refractivity contribution in [3.05, 3.63) is 35.4 Å². The zero-order valence-electron chi connectivity index (χ0n) is 9.17. The SMILES string of the molecule is CCOC(=O)NN=Cc1ccc(C(=O)[O-])cc1. The molecule has 0 aliphatic carbocycles. The average Bonchev–Trinajstić information content (AvgIpc) is 2.30. The van der Waals surface area contributed by atoms with Crippen molar-refractivity contribution in [1.82, 2.24) is 5.43 Å². The van der Waals surface area contributed by atoms with Crippen LogP contribution in [0.1, 0.15) is 22.8 Å². The Kier molecular flexibility index (Phi) is 4.68. The maximum Gasteiger partial charge on any atom is 0.427 e. The number of rotatable bonds is 4. The number of carbonyl (C=O) groups is 2. The Labute approximate surface area is 97.9 Å². The van der Waals surface area contributed by atoms with Crippen LogP contribution in [0.3, 0.4) is 0 Å². The molecular formula is C11H11N2O4-. The van der Waals surface area contributed by atoms with E-state index in [-0.39, 0.29) is 12.2 Å². The van der Waals surface area contributed by atoms with Gasteiger partial charge >= 0.3 is 6.09 Å². The number of carboxylic acids is 1. The Hall–Kier alpha value is -2.37. The van der Waals surface area contributed by atoms with Gasteiger partial charge in [0.25, 0.3) is 0 Å². The average molecular weight is 235 g/mol. The van der Waals surface area contributed by atoms with Crippen LogP contribution in [-0.2, 0) is 4.74 Å². The number of hydrogen-bond donors (Lipinski definition) is 1. The molecule has 0 heterocycles. The van der Waals surface area contributed by atoms with Crippen LogP contribution in [0, 0.1) is 0 Å². The van der Waals surface area contributed by atoms with Gasteiger partial charge in [-0.3, -0.25) is 0 Å². The van der Waals surface area contributed by atoms with E-state index in [1.807, 2.05) is 0 Å². The van der Waals surface area contributed by atoms with E-state index in [4.69, 9.17) is 0 Å². The number of carbonyl (C=O) groups excluding carboxylic acids is 2. The van der Waals surface area contributed by atoms with Gasteiger partial charge in [0, 0.05) is 0 Å². The fraction of sp³-hybridized carbons (Fsp3) is 0.182. The molecule has 6 nitrogen and oxygen atoms in total. The third-order valence-electron chi connectivity index (χ3n) is 1.79. The summed E-state index contributed by atoms with van der Waals surface area (Å²) in [6.07, 6.45) is 0.728. The lowest BCUT2D eigenvalue weighted by molar-refractivity contribution is -0.255. The number of nitrogens with one attached hydrogen (secondary N) is 1. The monoisotopic (exact) mass is 235 g/mol. The molecule has 0 spiro atoms. The first-order valence-electron chi connectivity index (χ1n) is 4.90. The lowest BCUT2D eigenvalue weighted by Crippen LogP contribution is -2.22. The van der Waals surface area contributed by atoms with Crippen molar-refractivity contribution < 1.29 is 19.4 Å². The summed E-state index contributed by atoms with van der Waals surface area (Å²) in [6, 6.07) is 5.87. The molecule has 1 rings (SSSR count). The summed E-state index contributed by atoms with van der Waals surface area (Å²) in [5.41, 5.74) is 2.88. The van der Waals surface area contributed by atoms with E-state index in [1.54, 1.807) is 19.1 Å². The number of amides is 1. The van der Waals surface area contributed by atoms with Crippen molar-refractivity contribution in [3.63, 3.8) is 0 Å². The normalized spacial score (nSPS) is 10.2. The lowest BCUT2D eigenvalue weighted by atomic mass is 10.1. The second-order valence-electron chi connectivity index (χ2n) is 3.00. The zero-order valence-corrected chi connectivity index (χ0v) is 9.17. The van der Waals surface area contributed by atoms with Crippen molar-refractivity contribution >= 4 is 18.3 Å². The first-order chi connectivity index (χ1) is 8.13. The van der Waals surface area contributed by atoms with Crippen LogP contribution in [0.4, 0.5) is 4.79 Å². The summed E-state index contributed by atoms with van der Waals surface area (Å²) >= 11 is 0. The predicted octanol–water partition coefficient (Wildman–Crippen LogP) is 0.130. The first kappa shape index (κ1) is 12.7. The smallest absolute Gasteiger partial charge is 0.427 e. The van der Waals surface area contributed by atoms with Crippen molar-refractivity contribution in [3.8, 4) is 0 Å². The number of hydrazone groups is 1. The number of hydrogen-bond acceptors (Lipinski definition) is 5. The van der Waals surface area contributed by atoms with Crippen molar-refractivity contribution in [1.29, 1.82) is 0 Å². The number of carboxylic acid groups (broad SMARTS) is 1. The highest BCUT2D eigenvalue weighted by molar-refractivity contribution is 5.88. The minimum absolute atomic E-state index is 0.0838. The number of ether oxygens (including phenoxy) is 1. The Morgan fingerprint density at radius 1 is 1.41 bits per heavy atom. The van der Waals surface area contributed by atoms with Crippen molar-refractivity contribution in [2.24, 2.45) is 5.10 Å². The quantitative estimate of drug-likeness (QED) is 0.593. The van der Waals surface area contributed by atoms with E-state index >= 15 is 0 Å². The highest BCUT2D eigenvalue weighted by Crippen LogP contribution is 2.00. The molecule has 1 N–H and O–H groups in total. The molecule has 90 valence electrons. The van der Waals surface area contributed by atoms with Crippen molar-refractivity contribution in [2.45, 2.75) is 6.92 Å². The van der Waals surface area contributed by atoms with Crippen LogP contribution in [-0.4, -0.2) is 24.9 Å². The van der Waals surface area contributed by atoms with Gasteiger partial charge in [0.1, 0.15) is 0 Å². The maximum absolute atomic E-state index is 10.8. The second kappa shape index (κ2) is 6.26. The van der Waals surface area contributed by atoms with Gasteiger partial charge in [-0.15, -0.1) is 0 Å². The summed E-state index contributed by atoms with van der Waals surface area (Å²) < 4.78 is 4.58. The molecule has 0 aromatic heterocycles. The molecule has 0 radical (unpaired) electrons. The lowest BCUT2D eigenvalue weighted by Gasteiger charge is -2.01. The van der Waals surface area contributed by atoms with Crippen LogP contribution in [0.25, 0.3) is 0 Å². The molecule has 1 aromatic carbocycles. The van der Waals surface area contributed by atoms with Crippen LogP contribution < -0.4 is 10.5 Å². The van der Waals surface area contributed by atoms with Crippen LogP contribution >= 0.6 is 0 Å². The number of aromatic carboxylic acids is 1.